The lowest BCUT2D eigenvalue weighted by molar-refractivity contribution is 0.0943. The van der Waals surface area contributed by atoms with Crippen LogP contribution in [0.4, 0.5) is 5.69 Å². The Labute approximate surface area is 137 Å². The number of allylic oxidation sites excluding steroid dienone is 1. The average molecular weight is 332 g/mol. The van der Waals surface area contributed by atoms with E-state index in [9.17, 15) is 4.79 Å². The number of halogens is 1. The maximum absolute atomic E-state index is 12.1. The molecule has 0 unspecified atom stereocenters. The number of carbonyl (C=O) groups is 1. The Balaban J connectivity index is 2.21. The molecule has 0 saturated carbocycles. The highest BCUT2D eigenvalue weighted by Crippen LogP contribution is 2.21. The Bertz CT molecular complexity index is 762. The fourth-order valence-corrected chi connectivity index (χ4v) is 1.91. The molecule has 0 aliphatic heterocycles. The fraction of sp³-hybridized carbons (Fsp3) is 0.214. The summed E-state index contributed by atoms with van der Waals surface area (Å²) in [7, 11) is 0. The highest BCUT2D eigenvalue weighted by Gasteiger charge is 2.12. The quantitative estimate of drug-likeness (QED) is 0.720. The van der Waals surface area contributed by atoms with Gasteiger partial charge in [-0.1, -0.05) is 11.6 Å². The van der Waals surface area contributed by atoms with Crippen LogP contribution in [0.3, 0.4) is 0 Å². The summed E-state index contributed by atoms with van der Waals surface area (Å²) in [6.07, 6.45) is 1.43. The molecule has 0 aliphatic carbocycles. The van der Waals surface area contributed by atoms with Gasteiger partial charge in [0.15, 0.2) is 0 Å². The van der Waals surface area contributed by atoms with Crippen molar-refractivity contribution < 1.29 is 4.79 Å². The fourth-order valence-electron chi connectivity index (χ4n) is 1.71. The minimum atomic E-state index is -0.267. The molecule has 3 N–H and O–H groups in total. The summed E-state index contributed by atoms with van der Waals surface area (Å²) in [5.41, 5.74) is 1.14. The van der Waals surface area contributed by atoms with Gasteiger partial charge in [0.05, 0.1) is 10.6 Å². The number of amides is 1. The highest BCUT2D eigenvalue weighted by atomic mass is 35.5. The third kappa shape index (κ3) is 4.28. The van der Waals surface area contributed by atoms with E-state index in [4.69, 9.17) is 16.9 Å². The van der Waals surface area contributed by atoms with Gasteiger partial charge in [0.2, 0.25) is 5.82 Å². The van der Waals surface area contributed by atoms with E-state index in [-0.39, 0.29) is 23.3 Å². The standard InChI is InChI=1S/C14H14ClN7O/c1-8(2)18-14(23)11-5-10(3-4-12(11)15)17-7-9(6-16)13-19-21-22-20-13/h3-5,7-8,17H,1-2H3,(H,18,23)(H,19,20,21,22). The molecule has 0 fully saturated rings. The van der Waals surface area contributed by atoms with Crippen LogP contribution in [-0.4, -0.2) is 32.6 Å². The molecular formula is C14H14ClN7O. The van der Waals surface area contributed by atoms with Crippen molar-refractivity contribution in [1.29, 1.82) is 5.26 Å². The molecule has 23 heavy (non-hydrogen) atoms. The predicted molar refractivity (Wildman–Crippen MR) is 85.4 cm³/mol. The lowest BCUT2D eigenvalue weighted by Gasteiger charge is -2.11. The molecule has 1 aromatic heterocycles. The number of nitrogens with one attached hydrogen (secondary N) is 3. The van der Waals surface area contributed by atoms with Gasteiger partial charge in [-0.15, -0.1) is 10.2 Å². The van der Waals surface area contributed by atoms with Gasteiger partial charge in [-0.3, -0.25) is 4.79 Å². The summed E-state index contributed by atoms with van der Waals surface area (Å²) in [6.45, 7) is 3.72. The number of anilines is 1. The molecule has 0 saturated heterocycles. The van der Waals surface area contributed by atoms with Crippen molar-refractivity contribution in [3.63, 3.8) is 0 Å². The Morgan fingerprint density at radius 1 is 1.48 bits per heavy atom. The summed E-state index contributed by atoms with van der Waals surface area (Å²) in [6, 6.07) is 6.85. The van der Waals surface area contributed by atoms with E-state index in [2.05, 4.69) is 31.3 Å². The zero-order valence-corrected chi connectivity index (χ0v) is 13.2. The molecule has 0 atom stereocenters. The first kappa shape index (κ1) is 16.5. The van der Waals surface area contributed by atoms with Crippen molar-refractivity contribution in [3.8, 4) is 6.07 Å². The number of carbonyl (C=O) groups excluding carboxylic acids is 1. The molecule has 1 amide bonds. The number of nitriles is 1. The van der Waals surface area contributed by atoms with Gasteiger partial charge in [-0.05, 0) is 37.3 Å². The first-order chi connectivity index (χ1) is 11.0. The van der Waals surface area contributed by atoms with Crippen LogP contribution in [0.2, 0.25) is 5.02 Å². The molecular weight excluding hydrogens is 318 g/mol. The van der Waals surface area contributed by atoms with E-state index in [0.717, 1.165) is 0 Å². The lowest BCUT2D eigenvalue weighted by atomic mass is 10.1. The molecule has 0 radical (unpaired) electrons. The van der Waals surface area contributed by atoms with E-state index in [0.29, 0.717) is 16.3 Å². The van der Waals surface area contributed by atoms with Crippen LogP contribution in [0.25, 0.3) is 5.57 Å². The zero-order chi connectivity index (χ0) is 16.8. The Morgan fingerprint density at radius 2 is 2.26 bits per heavy atom. The number of aromatic nitrogens is 4. The number of hydrogen-bond acceptors (Lipinski definition) is 6. The second-order valence-electron chi connectivity index (χ2n) is 4.87. The maximum Gasteiger partial charge on any atom is 0.253 e. The van der Waals surface area contributed by atoms with Gasteiger partial charge in [0.25, 0.3) is 5.91 Å². The van der Waals surface area contributed by atoms with Gasteiger partial charge in [-0.25, -0.2) is 0 Å². The molecule has 9 heteroatoms. The third-order valence-corrected chi connectivity index (χ3v) is 3.05. The van der Waals surface area contributed by atoms with Crippen LogP contribution in [0.5, 0.6) is 0 Å². The topological polar surface area (TPSA) is 119 Å². The van der Waals surface area contributed by atoms with Gasteiger partial charge in [-0.2, -0.15) is 10.5 Å². The maximum atomic E-state index is 12.1. The van der Waals surface area contributed by atoms with Crippen molar-refractivity contribution in [2.45, 2.75) is 19.9 Å². The van der Waals surface area contributed by atoms with E-state index < -0.39 is 0 Å². The summed E-state index contributed by atoms with van der Waals surface area (Å²) in [5.74, 6) is -0.0944. The first-order valence-corrected chi connectivity index (χ1v) is 7.10. The first-order valence-electron chi connectivity index (χ1n) is 6.72. The molecule has 2 rings (SSSR count). The number of hydrogen-bond donors (Lipinski definition) is 3. The van der Waals surface area contributed by atoms with Gasteiger partial charge in [0.1, 0.15) is 11.6 Å². The number of nitrogens with zero attached hydrogens (tertiary/aromatic N) is 4. The molecule has 8 nitrogen and oxygen atoms in total. The number of H-pyrrole nitrogens is 1. The smallest absolute Gasteiger partial charge is 0.253 e. The van der Waals surface area contributed by atoms with Crippen LogP contribution in [0, 0.1) is 11.3 Å². The number of rotatable bonds is 5. The third-order valence-electron chi connectivity index (χ3n) is 2.72. The highest BCUT2D eigenvalue weighted by molar-refractivity contribution is 6.34. The van der Waals surface area contributed by atoms with Crippen LogP contribution in [0.15, 0.2) is 24.4 Å². The van der Waals surface area contributed by atoms with Crippen LogP contribution >= 0.6 is 11.6 Å². The minimum Gasteiger partial charge on any atom is -0.360 e. The van der Waals surface area contributed by atoms with Crippen LogP contribution < -0.4 is 10.6 Å². The lowest BCUT2D eigenvalue weighted by Crippen LogP contribution is -2.30. The largest absolute Gasteiger partial charge is 0.360 e. The minimum absolute atomic E-state index is 0.00138. The van der Waals surface area contributed by atoms with E-state index in [1.54, 1.807) is 18.2 Å². The summed E-state index contributed by atoms with van der Waals surface area (Å²) in [4.78, 5) is 12.1. The normalized spacial score (nSPS) is 11.2. The summed E-state index contributed by atoms with van der Waals surface area (Å²) in [5, 5.41) is 28.3. The summed E-state index contributed by atoms with van der Waals surface area (Å²) >= 11 is 6.06. The predicted octanol–water partition coefficient (Wildman–Crippen LogP) is 1.97. The number of aromatic amines is 1. The zero-order valence-electron chi connectivity index (χ0n) is 12.5. The molecule has 0 bridgehead atoms. The molecule has 1 aromatic carbocycles. The Hall–Kier alpha value is -2.92. The molecule has 1 heterocycles. The van der Waals surface area contributed by atoms with Crippen molar-refractivity contribution >= 4 is 28.8 Å². The van der Waals surface area contributed by atoms with E-state index in [1.165, 1.54) is 6.20 Å². The average Bonchev–Trinajstić information content (AvgIpc) is 3.03. The van der Waals surface area contributed by atoms with E-state index in [1.807, 2.05) is 19.9 Å². The second-order valence-corrected chi connectivity index (χ2v) is 5.28. The number of benzene rings is 1. The monoisotopic (exact) mass is 331 g/mol. The molecule has 118 valence electrons. The SMILES string of the molecule is CC(C)NC(=O)c1cc(NC=C(C#N)c2nn[nH]n2)ccc1Cl. The van der Waals surface area contributed by atoms with Gasteiger partial charge < -0.3 is 10.6 Å². The second kappa shape index (κ2) is 7.38. The molecule has 0 aliphatic rings. The van der Waals surface area contributed by atoms with E-state index >= 15 is 0 Å². The summed E-state index contributed by atoms with van der Waals surface area (Å²) < 4.78 is 0. The van der Waals surface area contributed by atoms with Crippen molar-refractivity contribution in [3.05, 3.63) is 40.8 Å². The molecule has 2 aromatic rings. The molecule has 0 spiro atoms. The van der Waals surface area contributed by atoms with Crippen molar-refractivity contribution in [2.75, 3.05) is 5.32 Å². The number of tetrazole rings is 1. The van der Waals surface area contributed by atoms with Crippen LogP contribution in [0.1, 0.15) is 30.0 Å². The Kier molecular flexibility index (Phi) is 5.28. The van der Waals surface area contributed by atoms with Crippen LogP contribution in [-0.2, 0) is 0 Å². The van der Waals surface area contributed by atoms with Crippen molar-refractivity contribution in [2.24, 2.45) is 0 Å². The van der Waals surface area contributed by atoms with Gasteiger partial charge >= 0.3 is 0 Å². The Morgan fingerprint density at radius 3 is 2.87 bits per heavy atom. The van der Waals surface area contributed by atoms with Gasteiger partial charge in [0, 0.05) is 17.9 Å². The van der Waals surface area contributed by atoms with Crippen molar-refractivity contribution in [1.82, 2.24) is 25.9 Å².